The van der Waals surface area contributed by atoms with Crippen molar-refractivity contribution in [2.75, 3.05) is 13.7 Å². The molecule has 0 fully saturated rings. The summed E-state index contributed by atoms with van der Waals surface area (Å²) in [5.74, 6) is -3.32. The molecule has 1 atom stereocenters. The standard InChI is InChI=1S/C9H13F2N3O3/c1-6(17-2)8-7(3-15)12-13-14(8)4-9(10,11)5-16/h3,6,16H,4-5H2,1-2H3. The lowest BCUT2D eigenvalue weighted by atomic mass is 10.2. The minimum atomic E-state index is -3.32. The molecule has 0 saturated carbocycles. The predicted octanol–water partition coefficient (Wildman–Crippen LogP) is 0.426. The van der Waals surface area contributed by atoms with Crippen LogP contribution < -0.4 is 0 Å². The van der Waals surface area contributed by atoms with Crippen LogP contribution in [0.15, 0.2) is 0 Å². The Balaban J connectivity index is 3.08. The highest BCUT2D eigenvalue weighted by Gasteiger charge is 2.31. The second-order valence-electron chi connectivity index (χ2n) is 3.53. The van der Waals surface area contributed by atoms with Gasteiger partial charge in [-0.25, -0.2) is 13.5 Å². The normalized spacial score (nSPS) is 13.7. The zero-order valence-corrected chi connectivity index (χ0v) is 9.43. The van der Waals surface area contributed by atoms with Crippen molar-refractivity contribution in [1.82, 2.24) is 15.0 Å². The monoisotopic (exact) mass is 249 g/mol. The molecular weight excluding hydrogens is 236 g/mol. The number of ether oxygens (including phenoxy) is 1. The van der Waals surface area contributed by atoms with Crippen molar-refractivity contribution >= 4 is 6.29 Å². The van der Waals surface area contributed by atoms with E-state index in [2.05, 4.69) is 10.3 Å². The number of hydrogen-bond acceptors (Lipinski definition) is 5. The third kappa shape index (κ3) is 3.04. The van der Waals surface area contributed by atoms with Crippen LogP contribution in [-0.4, -0.2) is 46.0 Å². The fourth-order valence-corrected chi connectivity index (χ4v) is 1.33. The van der Waals surface area contributed by atoms with E-state index in [0.29, 0.717) is 6.29 Å². The lowest BCUT2D eigenvalue weighted by Crippen LogP contribution is -2.30. The number of aldehydes is 1. The Hall–Kier alpha value is -1.41. The van der Waals surface area contributed by atoms with E-state index in [0.717, 1.165) is 4.68 Å². The molecule has 1 aromatic heterocycles. The van der Waals surface area contributed by atoms with Gasteiger partial charge in [0.1, 0.15) is 13.2 Å². The van der Waals surface area contributed by atoms with Crippen molar-refractivity contribution in [1.29, 1.82) is 0 Å². The molecule has 17 heavy (non-hydrogen) atoms. The predicted molar refractivity (Wildman–Crippen MR) is 52.9 cm³/mol. The van der Waals surface area contributed by atoms with Gasteiger partial charge >= 0.3 is 0 Å². The SMILES string of the molecule is COC(C)c1c(C=O)nnn1CC(F)(F)CO. The van der Waals surface area contributed by atoms with Crippen molar-refractivity contribution < 1.29 is 23.4 Å². The van der Waals surface area contributed by atoms with Crippen LogP contribution in [0.1, 0.15) is 29.2 Å². The molecule has 1 heterocycles. The molecule has 1 aromatic rings. The summed E-state index contributed by atoms with van der Waals surface area (Å²) in [5.41, 5.74) is 0.115. The number of carbonyl (C=O) groups is 1. The Morgan fingerprint density at radius 3 is 2.76 bits per heavy atom. The minimum Gasteiger partial charge on any atom is -0.390 e. The van der Waals surface area contributed by atoms with Crippen molar-refractivity contribution in [3.05, 3.63) is 11.4 Å². The largest absolute Gasteiger partial charge is 0.390 e. The second-order valence-corrected chi connectivity index (χ2v) is 3.53. The smallest absolute Gasteiger partial charge is 0.289 e. The summed E-state index contributed by atoms with van der Waals surface area (Å²) in [7, 11) is 1.38. The van der Waals surface area contributed by atoms with Crippen LogP contribution in [0, 0.1) is 0 Å². The number of rotatable bonds is 6. The van der Waals surface area contributed by atoms with E-state index in [4.69, 9.17) is 9.84 Å². The number of hydrogen-bond donors (Lipinski definition) is 1. The number of halogens is 2. The Morgan fingerprint density at radius 2 is 2.29 bits per heavy atom. The minimum absolute atomic E-state index is 0.0481. The van der Waals surface area contributed by atoms with E-state index < -0.39 is 25.2 Å². The van der Waals surface area contributed by atoms with Gasteiger partial charge in [-0.15, -0.1) is 5.10 Å². The molecule has 0 aliphatic heterocycles. The molecule has 0 aliphatic rings. The van der Waals surface area contributed by atoms with E-state index in [1.54, 1.807) is 6.92 Å². The van der Waals surface area contributed by atoms with Crippen molar-refractivity contribution in [2.45, 2.75) is 25.5 Å². The molecule has 0 spiro atoms. The number of nitrogens with zero attached hydrogens (tertiary/aromatic N) is 3. The van der Waals surface area contributed by atoms with Gasteiger partial charge in [0.25, 0.3) is 5.92 Å². The van der Waals surface area contributed by atoms with E-state index in [9.17, 15) is 13.6 Å². The second kappa shape index (κ2) is 5.28. The van der Waals surface area contributed by atoms with E-state index in [-0.39, 0.29) is 11.4 Å². The van der Waals surface area contributed by atoms with Crippen LogP contribution in [0.4, 0.5) is 8.78 Å². The maximum atomic E-state index is 13.0. The first kappa shape index (κ1) is 13.7. The summed E-state index contributed by atoms with van der Waals surface area (Å²) < 4.78 is 31.9. The van der Waals surface area contributed by atoms with Gasteiger partial charge in [0.15, 0.2) is 12.0 Å². The van der Waals surface area contributed by atoms with Gasteiger partial charge in [-0.1, -0.05) is 5.21 Å². The van der Waals surface area contributed by atoms with Crippen LogP contribution in [0.5, 0.6) is 0 Å². The highest BCUT2D eigenvalue weighted by atomic mass is 19.3. The summed E-state index contributed by atoms with van der Waals surface area (Å²) in [6.45, 7) is -0.573. The Labute approximate surface area is 96.2 Å². The van der Waals surface area contributed by atoms with Crippen molar-refractivity contribution in [3.63, 3.8) is 0 Å². The Kier molecular flexibility index (Phi) is 4.24. The average Bonchev–Trinajstić information content (AvgIpc) is 2.70. The zero-order valence-electron chi connectivity index (χ0n) is 9.43. The number of aromatic nitrogens is 3. The lowest BCUT2D eigenvalue weighted by Gasteiger charge is -2.17. The summed E-state index contributed by atoms with van der Waals surface area (Å²) in [6, 6.07) is 0. The first-order chi connectivity index (χ1) is 7.95. The fourth-order valence-electron chi connectivity index (χ4n) is 1.33. The number of carbonyl (C=O) groups excluding carboxylic acids is 1. The summed E-state index contributed by atoms with van der Waals surface area (Å²) in [5, 5.41) is 15.4. The van der Waals surface area contributed by atoms with Gasteiger partial charge in [0.2, 0.25) is 0 Å². The van der Waals surface area contributed by atoms with Crippen LogP contribution in [0.25, 0.3) is 0 Å². The molecule has 8 heteroatoms. The molecule has 0 radical (unpaired) electrons. The maximum absolute atomic E-state index is 13.0. The van der Waals surface area contributed by atoms with Gasteiger partial charge in [0, 0.05) is 7.11 Å². The molecule has 0 bridgehead atoms. The quantitative estimate of drug-likeness (QED) is 0.739. The highest BCUT2D eigenvalue weighted by Crippen LogP contribution is 2.22. The first-order valence-corrected chi connectivity index (χ1v) is 4.85. The third-order valence-electron chi connectivity index (χ3n) is 2.26. The lowest BCUT2D eigenvalue weighted by molar-refractivity contribution is -0.0671. The zero-order chi connectivity index (χ0) is 13.1. The van der Waals surface area contributed by atoms with Crippen molar-refractivity contribution in [3.8, 4) is 0 Å². The average molecular weight is 249 g/mol. The number of alkyl halides is 2. The molecule has 1 N–H and O–H groups in total. The number of methoxy groups -OCH3 is 1. The Morgan fingerprint density at radius 1 is 1.65 bits per heavy atom. The Bertz CT molecular complexity index is 395. The molecule has 0 aromatic carbocycles. The molecular formula is C9H13F2N3O3. The van der Waals surface area contributed by atoms with Crippen LogP contribution in [-0.2, 0) is 11.3 Å². The van der Waals surface area contributed by atoms with Crippen LogP contribution in [0.2, 0.25) is 0 Å². The molecule has 0 aliphatic carbocycles. The molecule has 6 nitrogen and oxygen atoms in total. The number of aliphatic hydroxyl groups excluding tert-OH is 1. The number of aliphatic hydroxyl groups is 1. The molecule has 0 amide bonds. The summed E-state index contributed by atoms with van der Waals surface area (Å²) in [4.78, 5) is 10.7. The topological polar surface area (TPSA) is 77.2 Å². The first-order valence-electron chi connectivity index (χ1n) is 4.85. The van der Waals surface area contributed by atoms with E-state index in [1.165, 1.54) is 7.11 Å². The maximum Gasteiger partial charge on any atom is 0.289 e. The van der Waals surface area contributed by atoms with Crippen molar-refractivity contribution in [2.24, 2.45) is 0 Å². The van der Waals surface area contributed by atoms with E-state index in [1.807, 2.05) is 0 Å². The third-order valence-corrected chi connectivity index (χ3v) is 2.26. The van der Waals surface area contributed by atoms with Gasteiger partial charge < -0.3 is 9.84 Å². The summed E-state index contributed by atoms with van der Waals surface area (Å²) in [6.07, 6.45) is -0.175. The summed E-state index contributed by atoms with van der Waals surface area (Å²) >= 11 is 0. The fraction of sp³-hybridized carbons (Fsp3) is 0.667. The molecule has 0 saturated heterocycles. The van der Waals surface area contributed by atoms with Gasteiger partial charge in [-0.05, 0) is 6.92 Å². The van der Waals surface area contributed by atoms with Crippen LogP contribution >= 0.6 is 0 Å². The van der Waals surface area contributed by atoms with E-state index >= 15 is 0 Å². The van der Waals surface area contributed by atoms with Crippen LogP contribution in [0.3, 0.4) is 0 Å². The molecule has 1 rings (SSSR count). The van der Waals surface area contributed by atoms with Gasteiger partial charge in [-0.2, -0.15) is 0 Å². The molecule has 1 unspecified atom stereocenters. The van der Waals surface area contributed by atoms with Gasteiger partial charge in [0.05, 0.1) is 11.8 Å². The molecule has 96 valence electrons. The highest BCUT2D eigenvalue weighted by molar-refractivity contribution is 5.73. The van der Waals surface area contributed by atoms with Gasteiger partial charge in [-0.3, -0.25) is 4.79 Å².